The van der Waals surface area contributed by atoms with E-state index < -0.39 is 0 Å². The van der Waals surface area contributed by atoms with Crippen molar-refractivity contribution in [3.8, 4) is 0 Å². The van der Waals surface area contributed by atoms with E-state index in [0.717, 1.165) is 11.4 Å². The minimum atomic E-state index is -0.0881. The fourth-order valence-corrected chi connectivity index (χ4v) is 2.58. The molecule has 1 aromatic heterocycles. The van der Waals surface area contributed by atoms with Crippen LogP contribution in [0.25, 0.3) is 0 Å². The summed E-state index contributed by atoms with van der Waals surface area (Å²) >= 11 is 0. The molecule has 1 fully saturated rings. The van der Waals surface area contributed by atoms with E-state index in [0.29, 0.717) is 18.7 Å². The number of carbonyl (C=O) groups excluding carboxylic acids is 2. The Morgan fingerprint density at radius 1 is 1.14 bits per heavy atom. The molecule has 21 heavy (non-hydrogen) atoms. The van der Waals surface area contributed by atoms with Gasteiger partial charge in [0.2, 0.25) is 5.91 Å². The molecule has 3 rings (SSSR count). The van der Waals surface area contributed by atoms with Crippen LogP contribution < -0.4 is 4.90 Å². The van der Waals surface area contributed by atoms with Gasteiger partial charge in [-0.3, -0.25) is 9.59 Å². The van der Waals surface area contributed by atoms with Gasteiger partial charge in [-0.05, 0) is 25.1 Å². The van der Waals surface area contributed by atoms with Gasteiger partial charge in [-0.2, -0.15) is 0 Å². The number of benzene rings is 1. The second-order valence-corrected chi connectivity index (χ2v) is 5.12. The van der Waals surface area contributed by atoms with Crippen molar-refractivity contribution in [3.63, 3.8) is 0 Å². The van der Waals surface area contributed by atoms with Crippen molar-refractivity contribution >= 4 is 17.5 Å². The molecule has 0 radical (unpaired) electrons. The predicted molar refractivity (Wildman–Crippen MR) is 80.2 cm³/mol. The predicted octanol–water partition coefficient (Wildman–Crippen LogP) is 1.81. The first-order valence-corrected chi connectivity index (χ1v) is 6.95. The number of nitrogens with zero attached hydrogens (tertiary/aromatic N) is 2. The lowest BCUT2D eigenvalue weighted by Gasteiger charge is -2.34. The molecule has 0 spiro atoms. The first-order chi connectivity index (χ1) is 10.2. The maximum Gasteiger partial charge on any atom is 0.256 e. The molecule has 2 heterocycles. The number of aryl methyl sites for hydroxylation is 1. The zero-order valence-electron chi connectivity index (χ0n) is 11.9. The quantitative estimate of drug-likeness (QED) is 0.914. The number of piperazine rings is 1. The fourth-order valence-electron chi connectivity index (χ4n) is 2.58. The topological polar surface area (TPSA) is 56.4 Å². The van der Waals surface area contributed by atoms with E-state index in [1.165, 1.54) is 0 Å². The maximum absolute atomic E-state index is 12.4. The van der Waals surface area contributed by atoms with Gasteiger partial charge in [0.25, 0.3) is 5.91 Å². The van der Waals surface area contributed by atoms with Gasteiger partial charge >= 0.3 is 0 Å². The molecule has 1 aliphatic heterocycles. The summed E-state index contributed by atoms with van der Waals surface area (Å²) in [6, 6.07) is 11.3. The number of H-pyrrole nitrogens is 1. The van der Waals surface area contributed by atoms with Crippen LogP contribution in [0.3, 0.4) is 0 Å². The maximum atomic E-state index is 12.4. The molecule has 2 aromatic rings. The van der Waals surface area contributed by atoms with Gasteiger partial charge in [0.1, 0.15) is 6.54 Å². The molecule has 5 heteroatoms. The summed E-state index contributed by atoms with van der Waals surface area (Å²) < 4.78 is 0. The second-order valence-electron chi connectivity index (χ2n) is 5.12. The molecule has 1 N–H and O–H groups in total. The number of aromatic amines is 1. The van der Waals surface area contributed by atoms with Crippen LogP contribution in [0.4, 0.5) is 5.69 Å². The van der Waals surface area contributed by atoms with Crippen molar-refractivity contribution in [2.75, 3.05) is 24.5 Å². The molecule has 1 saturated heterocycles. The zero-order chi connectivity index (χ0) is 14.8. The molecule has 0 saturated carbocycles. The minimum Gasteiger partial charge on any atom is -0.365 e. The van der Waals surface area contributed by atoms with Crippen molar-refractivity contribution in [2.24, 2.45) is 0 Å². The summed E-state index contributed by atoms with van der Waals surface area (Å²) in [5.74, 6) is -0.135. The Kier molecular flexibility index (Phi) is 3.48. The van der Waals surface area contributed by atoms with Crippen LogP contribution in [0.2, 0.25) is 0 Å². The Hall–Kier alpha value is -2.56. The van der Waals surface area contributed by atoms with E-state index in [9.17, 15) is 9.59 Å². The first kappa shape index (κ1) is 13.4. The van der Waals surface area contributed by atoms with Crippen molar-refractivity contribution < 1.29 is 9.59 Å². The average Bonchev–Trinajstić information content (AvgIpc) is 2.93. The van der Waals surface area contributed by atoms with E-state index >= 15 is 0 Å². The Balaban J connectivity index is 1.73. The number of nitrogens with one attached hydrogen (secondary N) is 1. The SMILES string of the molecule is Cc1[nH]ccc1C(=O)N1CCN(c2ccccc2)C(=O)C1. The lowest BCUT2D eigenvalue weighted by Crippen LogP contribution is -2.52. The lowest BCUT2D eigenvalue weighted by atomic mass is 10.2. The highest BCUT2D eigenvalue weighted by Crippen LogP contribution is 2.18. The van der Waals surface area contributed by atoms with E-state index in [4.69, 9.17) is 0 Å². The van der Waals surface area contributed by atoms with Crippen LogP contribution in [-0.4, -0.2) is 41.3 Å². The molecule has 1 aliphatic rings. The number of hydrogen-bond acceptors (Lipinski definition) is 2. The molecular weight excluding hydrogens is 266 g/mol. The number of hydrogen-bond donors (Lipinski definition) is 1. The molecule has 0 bridgehead atoms. The van der Waals surface area contributed by atoms with Gasteiger partial charge in [-0.15, -0.1) is 0 Å². The van der Waals surface area contributed by atoms with E-state index in [2.05, 4.69) is 4.98 Å². The monoisotopic (exact) mass is 283 g/mol. The van der Waals surface area contributed by atoms with Crippen LogP contribution in [-0.2, 0) is 4.79 Å². The smallest absolute Gasteiger partial charge is 0.256 e. The third kappa shape index (κ3) is 2.54. The molecular formula is C16H17N3O2. The highest BCUT2D eigenvalue weighted by atomic mass is 16.2. The van der Waals surface area contributed by atoms with Gasteiger partial charge in [0.05, 0.1) is 5.56 Å². The van der Waals surface area contributed by atoms with E-state index in [-0.39, 0.29) is 18.4 Å². The molecule has 2 amide bonds. The van der Waals surface area contributed by atoms with Crippen molar-refractivity contribution in [3.05, 3.63) is 53.9 Å². The molecule has 0 unspecified atom stereocenters. The van der Waals surface area contributed by atoms with Crippen molar-refractivity contribution in [2.45, 2.75) is 6.92 Å². The summed E-state index contributed by atoms with van der Waals surface area (Å²) in [5, 5.41) is 0. The summed E-state index contributed by atoms with van der Waals surface area (Å²) in [7, 11) is 0. The normalized spacial score (nSPS) is 15.4. The van der Waals surface area contributed by atoms with Gasteiger partial charge in [-0.25, -0.2) is 0 Å². The number of para-hydroxylation sites is 1. The number of carbonyl (C=O) groups is 2. The Bertz CT molecular complexity index is 663. The van der Waals surface area contributed by atoms with Gasteiger partial charge < -0.3 is 14.8 Å². The summed E-state index contributed by atoms with van der Waals surface area (Å²) in [5.41, 5.74) is 2.35. The highest BCUT2D eigenvalue weighted by molar-refractivity contribution is 6.02. The summed E-state index contributed by atoms with van der Waals surface area (Å²) in [6.07, 6.45) is 1.74. The standard InChI is InChI=1S/C16H17N3O2/c1-12-14(7-8-17-12)16(21)18-9-10-19(15(20)11-18)13-5-3-2-4-6-13/h2-8,17H,9-11H2,1H3. The Morgan fingerprint density at radius 3 is 2.52 bits per heavy atom. The molecule has 0 aliphatic carbocycles. The molecule has 1 aromatic carbocycles. The number of rotatable bonds is 2. The van der Waals surface area contributed by atoms with Gasteiger partial charge in [0, 0.05) is 30.7 Å². The Labute approximate surface area is 123 Å². The summed E-state index contributed by atoms with van der Waals surface area (Å²) in [4.78, 5) is 31.0. The van der Waals surface area contributed by atoms with Crippen molar-refractivity contribution in [1.82, 2.24) is 9.88 Å². The molecule has 0 atom stereocenters. The third-order valence-electron chi connectivity index (χ3n) is 3.76. The van der Waals surface area contributed by atoms with Crippen LogP contribution in [0.15, 0.2) is 42.6 Å². The molecule has 5 nitrogen and oxygen atoms in total. The van der Waals surface area contributed by atoms with Crippen LogP contribution in [0.5, 0.6) is 0 Å². The second kappa shape index (κ2) is 5.44. The van der Waals surface area contributed by atoms with Gasteiger partial charge in [0.15, 0.2) is 0 Å². The first-order valence-electron chi connectivity index (χ1n) is 6.95. The number of aromatic nitrogens is 1. The van der Waals surface area contributed by atoms with Crippen LogP contribution in [0.1, 0.15) is 16.1 Å². The minimum absolute atomic E-state index is 0.0472. The number of amides is 2. The van der Waals surface area contributed by atoms with Crippen molar-refractivity contribution in [1.29, 1.82) is 0 Å². The largest absolute Gasteiger partial charge is 0.365 e. The third-order valence-corrected chi connectivity index (χ3v) is 3.76. The highest BCUT2D eigenvalue weighted by Gasteiger charge is 2.29. The van der Waals surface area contributed by atoms with E-state index in [1.807, 2.05) is 37.3 Å². The average molecular weight is 283 g/mol. The Morgan fingerprint density at radius 2 is 1.90 bits per heavy atom. The number of anilines is 1. The van der Waals surface area contributed by atoms with Crippen LogP contribution in [0, 0.1) is 6.92 Å². The van der Waals surface area contributed by atoms with Crippen LogP contribution >= 0.6 is 0 Å². The molecule has 108 valence electrons. The summed E-state index contributed by atoms with van der Waals surface area (Å²) in [6.45, 7) is 3.05. The van der Waals surface area contributed by atoms with E-state index in [1.54, 1.807) is 22.1 Å². The fraction of sp³-hybridized carbons (Fsp3) is 0.250. The lowest BCUT2D eigenvalue weighted by molar-refractivity contribution is -0.120. The van der Waals surface area contributed by atoms with Gasteiger partial charge in [-0.1, -0.05) is 18.2 Å². The zero-order valence-corrected chi connectivity index (χ0v) is 11.9.